The second kappa shape index (κ2) is 2.79. The van der Waals surface area contributed by atoms with E-state index in [1.807, 2.05) is 6.92 Å². The molecule has 0 saturated heterocycles. The van der Waals surface area contributed by atoms with Gasteiger partial charge in [-0.05, 0) is 11.6 Å². The molecule has 1 aromatic heterocycles. The zero-order valence-electron chi connectivity index (χ0n) is 5.39. The van der Waals surface area contributed by atoms with Crippen molar-refractivity contribution in [3.8, 4) is 0 Å². The number of nitrogens with zero attached hydrogens (tertiary/aromatic N) is 2. The predicted octanol–water partition coefficient (Wildman–Crippen LogP) is 0.381. The Hall–Kier alpha value is -0.900. The van der Waals surface area contributed by atoms with Crippen LogP contribution in [0.25, 0.3) is 0 Å². The van der Waals surface area contributed by atoms with Crippen LogP contribution >= 0.6 is 11.6 Å². The van der Waals surface area contributed by atoms with Gasteiger partial charge in [0, 0.05) is 6.42 Å². The third kappa shape index (κ3) is 1.54. The van der Waals surface area contributed by atoms with Crippen LogP contribution in [0.1, 0.15) is 12.7 Å². The zero-order chi connectivity index (χ0) is 7.56. The minimum atomic E-state index is -0.447. The number of aromatic amines is 1. The van der Waals surface area contributed by atoms with Gasteiger partial charge in [0.25, 0.3) is 0 Å². The lowest BCUT2D eigenvalue weighted by atomic mass is 10.5. The van der Waals surface area contributed by atoms with Crippen LogP contribution in [0.15, 0.2) is 4.79 Å². The van der Waals surface area contributed by atoms with Crippen LogP contribution in [0.4, 0.5) is 0 Å². The van der Waals surface area contributed by atoms with Gasteiger partial charge in [-0.1, -0.05) is 6.92 Å². The minimum absolute atomic E-state index is 0.000556. The Balaban J connectivity index is 3.19. The highest BCUT2D eigenvalue weighted by molar-refractivity contribution is 6.28. The Bertz CT molecular complexity index is 282. The second-order valence-corrected chi connectivity index (χ2v) is 2.06. The lowest BCUT2D eigenvalue weighted by Crippen LogP contribution is -2.14. The van der Waals surface area contributed by atoms with Crippen LogP contribution in [0.2, 0.25) is 5.28 Å². The molecule has 0 aliphatic rings. The van der Waals surface area contributed by atoms with Crippen molar-refractivity contribution in [2.75, 3.05) is 0 Å². The molecular formula is C5H6ClN3O. The first-order chi connectivity index (χ1) is 4.72. The van der Waals surface area contributed by atoms with Gasteiger partial charge in [-0.15, -0.1) is 0 Å². The van der Waals surface area contributed by atoms with Gasteiger partial charge in [0.1, 0.15) is 5.82 Å². The number of hydrogen-bond donors (Lipinski definition) is 1. The highest BCUT2D eigenvalue weighted by atomic mass is 35.5. The number of nitrogens with one attached hydrogen (secondary N) is 1. The monoisotopic (exact) mass is 159 g/mol. The lowest BCUT2D eigenvalue weighted by Gasteiger charge is -1.92. The molecule has 0 aromatic carbocycles. The molecule has 0 atom stereocenters. The third-order valence-electron chi connectivity index (χ3n) is 1.01. The largest absolute Gasteiger partial charge is 0.349 e. The summed E-state index contributed by atoms with van der Waals surface area (Å²) < 4.78 is 0. The molecule has 1 N–H and O–H groups in total. The molecule has 54 valence electrons. The first-order valence-electron chi connectivity index (χ1n) is 2.85. The quantitative estimate of drug-likeness (QED) is 0.645. The Morgan fingerprint density at radius 1 is 1.60 bits per heavy atom. The Kier molecular flexibility index (Phi) is 2.01. The summed E-state index contributed by atoms with van der Waals surface area (Å²) >= 11 is 5.39. The van der Waals surface area contributed by atoms with Crippen LogP contribution < -0.4 is 5.69 Å². The van der Waals surface area contributed by atoms with Gasteiger partial charge in [0.05, 0.1) is 0 Å². The van der Waals surface area contributed by atoms with Gasteiger partial charge < -0.3 is 0 Å². The van der Waals surface area contributed by atoms with Gasteiger partial charge in [-0.25, -0.2) is 9.78 Å². The number of halogens is 1. The summed E-state index contributed by atoms with van der Waals surface area (Å²) in [6, 6.07) is 0. The molecule has 0 saturated carbocycles. The molecule has 0 unspecified atom stereocenters. The second-order valence-electron chi connectivity index (χ2n) is 1.72. The number of rotatable bonds is 1. The molecule has 0 amide bonds. The molecule has 0 spiro atoms. The van der Waals surface area contributed by atoms with Crippen molar-refractivity contribution in [3.63, 3.8) is 0 Å². The molecule has 1 heterocycles. The maximum atomic E-state index is 10.6. The van der Waals surface area contributed by atoms with E-state index < -0.39 is 5.69 Å². The number of H-pyrrole nitrogens is 1. The number of aryl methyl sites for hydroxylation is 1. The van der Waals surface area contributed by atoms with Crippen molar-refractivity contribution >= 4 is 11.6 Å². The molecule has 1 rings (SSSR count). The van der Waals surface area contributed by atoms with E-state index in [0.29, 0.717) is 12.2 Å². The fourth-order valence-corrected chi connectivity index (χ4v) is 0.746. The number of aromatic nitrogens is 3. The van der Waals surface area contributed by atoms with E-state index in [9.17, 15) is 4.79 Å². The van der Waals surface area contributed by atoms with Gasteiger partial charge in [0.2, 0.25) is 5.28 Å². The molecule has 0 fully saturated rings. The van der Waals surface area contributed by atoms with E-state index in [4.69, 9.17) is 11.6 Å². The first kappa shape index (κ1) is 7.21. The fourth-order valence-electron chi connectivity index (χ4n) is 0.567. The Labute approximate surface area is 62.3 Å². The third-order valence-corrected chi connectivity index (χ3v) is 1.18. The van der Waals surface area contributed by atoms with E-state index in [0.717, 1.165) is 0 Å². The van der Waals surface area contributed by atoms with E-state index in [1.54, 1.807) is 0 Å². The average Bonchev–Trinajstić information content (AvgIpc) is 1.85. The Morgan fingerprint density at radius 2 is 2.30 bits per heavy atom. The predicted molar refractivity (Wildman–Crippen MR) is 37.0 cm³/mol. The summed E-state index contributed by atoms with van der Waals surface area (Å²) in [5.74, 6) is 0.560. The van der Waals surface area contributed by atoms with Crippen LogP contribution in [0.5, 0.6) is 0 Å². The van der Waals surface area contributed by atoms with Crippen molar-refractivity contribution in [1.29, 1.82) is 0 Å². The SMILES string of the molecule is CCc1nc(Cl)nc(=O)[nH]1. The molecule has 10 heavy (non-hydrogen) atoms. The van der Waals surface area contributed by atoms with E-state index in [1.165, 1.54) is 0 Å². The average molecular weight is 160 g/mol. The first-order valence-corrected chi connectivity index (χ1v) is 3.23. The van der Waals surface area contributed by atoms with Gasteiger partial charge in [-0.3, -0.25) is 4.98 Å². The highest BCUT2D eigenvalue weighted by Crippen LogP contribution is 1.94. The topological polar surface area (TPSA) is 58.6 Å². The molecule has 0 aliphatic carbocycles. The summed E-state index contributed by atoms with van der Waals surface area (Å²) in [6.45, 7) is 1.87. The lowest BCUT2D eigenvalue weighted by molar-refractivity contribution is 0.866. The van der Waals surface area contributed by atoms with Crippen molar-refractivity contribution < 1.29 is 0 Å². The molecule has 0 bridgehead atoms. The number of hydrogen-bond acceptors (Lipinski definition) is 3. The molecule has 0 aliphatic heterocycles. The summed E-state index contributed by atoms with van der Waals surface area (Å²) in [4.78, 5) is 20.1. The molecular weight excluding hydrogens is 154 g/mol. The van der Waals surface area contributed by atoms with E-state index in [2.05, 4.69) is 15.0 Å². The fraction of sp³-hybridized carbons (Fsp3) is 0.400. The molecule has 4 nitrogen and oxygen atoms in total. The van der Waals surface area contributed by atoms with Crippen LogP contribution in [0, 0.1) is 0 Å². The smallest absolute Gasteiger partial charge is 0.294 e. The van der Waals surface area contributed by atoms with Crippen LogP contribution in [-0.4, -0.2) is 15.0 Å². The van der Waals surface area contributed by atoms with Crippen molar-refractivity contribution in [3.05, 3.63) is 21.6 Å². The summed E-state index contributed by atoms with van der Waals surface area (Å²) in [7, 11) is 0. The normalized spacial score (nSPS) is 9.80. The maximum Gasteiger partial charge on any atom is 0.349 e. The minimum Gasteiger partial charge on any atom is -0.294 e. The zero-order valence-corrected chi connectivity index (χ0v) is 6.14. The van der Waals surface area contributed by atoms with E-state index >= 15 is 0 Å². The maximum absolute atomic E-state index is 10.6. The highest BCUT2D eigenvalue weighted by Gasteiger charge is 1.95. The molecule has 1 aromatic rings. The molecule has 5 heteroatoms. The Morgan fingerprint density at radius 3 is 2.80 bits per heavy atom. The summed E-state index contributed by atoms with van der Waals surface area (Å²) in [6.07, 6.45) is 0.650. The standard InChI is InChI=1S/C5H6ClN3O/c1-2-3-7-4(6)9-5(10)8-3/h2H2,1H3,(H,7,8,9,10). The van der Waals surface area contributed by atoms with E-state index in [-0.39, 0.29) is 5.28 Å². The van der Waals surface area contributed by atoms with Gasteiger partial charge >= 0.3 is 5.69 Å². The van der Waals surface area contributed by atoms with Crippen LogP contribution in [-0.2, 0) is 6.42 Å². The van der Waals surface area contributed by atoms with Crippen molar-refractivity contribution in [1.82, 2.24) is 15.0 Å². The van der Waals surface area contributed by atoms with Gasteiger partial charge in [-0.2, -0.15) is 4.98 Å². The summed E-state index contributed by atoms with van der Waals surface area (Å²) in [5, 5.41) is 0.000556. The summed E-state index contributed by atoms with van der Waals surface area (Å²) in [5.41, 5.74) is -0.447. The van der Waals surface area contributed by atoms with Gasteiger partial charge in [0.15, 0.2) is 0 Å². The van der Waals surface area contributed by atoms with Crippen LogP contribution in [0.3, 0.4) is 0 Å². The van der Waals surface area contributed by atoms with Crippen molar-refractivity contribution in [2.45, 2.75) is 13.3 Å². The van der Waals surface area contributed by atoms with Crippen molar-refractivity contribution in [2.24, 2.45) is 0 Å². The molecule has 0 radical (unpaired) electrons.